The molecule has 2 N–H and O–H groups in total. The minimum atomic E-state index is -0.462. The van der Waals surface area contributed by atoms with E-state index >= 15 is 0 Å². The molecule has 0 bridgehead atoms. The van der Waals surface area contributed by atoms with Gasteiger partial charge in [0.2, 0.25) is 5.91 Å². The predicted molar refractivity (Wildman–Crippen MR) is 108 cm³/mol. The molecule has 152 valence electrons. The Morgan fingerprint density at radius 3 is 2.52 bits per heavy atom. The number of hydrogen-bond acceptors (Lipinski definition) is 4. The largest absolute Gasteiger partial charge is 0.484 e. The first kappa shape index (κ1) is 20.4. The molecule has 7 heteroatoms. The Bertz CT molecular complexity index is 906. The van der Waals surface area contributed by atoms with Gasteiger partial charge in [-0.15, -0.1) is 0 Å². The van der Waals surface area contributed by atoms with E-state index in [4.69, 9.17) is 4.74 Å². The van der Waals surface area contributed by atoms with E-state index in [0.717, 1.165) is 29.7 Å². The van der Waals surface area contributed by atoms with Gasteiger partial charge >= 0.3 is 0 Å². The van der Waals surface area contributed by atoms with Crippen LogP contribution >= 0.6 is 0 Å². The predicted octanol–water partition coefficient (Wildman–Crippen LogP) is 2.27. The highest BCUT2D eigenvalue weighted by Crippen LogP contribution is 2.16. The normalized spacial score (nSPS) is 13.3. The van der Waals surface area contributed by atoms with Crippen molar-refractivity contribution in [2.75, 3.05) is 13.2 Å². The number of amides is 3. The number of ether oxygens (including phenoxy) is 1. The lowest BCUT2D eigenvalue weighted by Gasteiger charge is -2.16. The second kappa shape index (κ2) is 9.23. The van der Waals surface area contributed by atoms with Crippen molar-refractivity contribution in [3.63, 3.8) is 0 Å². The van der Waals surface area contributed by atoms with Gasteiger partial charge in [-0.2, -0.15) is 0 Å². The molecular weight excluding hydrogens is 370 g/mol. The second-order valence-electron chi connectivity index (χ2n) is 7.23. The first-order valence-electron chi connectivity index (χ1n) is 9.58. The van der Waals surface area contributed by atoms with Crippen molar-refractivity contribution in [3.05, 3.63) is 64.7 Å². The van der Waals surface area contributed by atoms with Crippen molar-refractivity contribution in [1.29, 1.82) is 0 Å². The summed E-state index contributed by atoms with van der Waals surface area (Å²) in [6.45, 7) is 4.92. The molecular formula is C22H25N3O4. The van der Waals surface area contributed by atoms with Gasteiger partial charge in [0.1, 0.15) is 5.75 Å². The van der Waals surface area contributed by atoms with Gasteiger partial charge in [-0.3, -0.25) is 25.2 Å². The number of carbonyl (C=O) groups excluding carboxylic acids is 3. The number of likely N-dealkylation sites (tertiary alicyclic amines) is 1. The first-order chi connectivity index (χ1) is 13.9. The van der Waals surface area contributed by atoms with Crippen molar-refractivity contribution in [1.82, 2.24) is 15.8 Å². The summed E-state index contributed by atoms with van der Waals surface area (Å²) in [5.74, 6) is -0.153. The standard InChI is InChI=1S/C22H25N3O4/c1-15-9-16(2)11-19(10-15)29-14-20(26)23-24-22(28)18-6-3-5-17(12-18)13-25-8-4-7-21(25)27/h3,5-6,9-12H,4,7-8,13-14H2,1-2H3,(H,23,26)(H,24,28). The molecule has 1 heterocycles. The Balaban J connectivity index is 1.49. The molecule has 7 nitrogen and oxygen atoms in total. The van der Waals surface area contributed by atoms with E-state index in [0.29, 0.717) is 24.3 Å². The zero-order valence-electron chi connectivity index (χ0n) is 16.7. The van der Waals surface area contributed by atoms with Crippen LogP contribution in [0.4, 0.5) is 0 Å². The third-order valence-electron chi connectivity index (χ3n) is 4.61. The van der Waals surface area contributed by atoms with Crippen LogP contribution in [0.25, 0.3) is 0 Å². The molecule has 0 radical (unpaired) electrons. The molecule has 1 aliphatic rings. The lowest BCUT2D eigenvalue weighted by Crippen LogP contribution is -2.43. The van der Waals surface area contributed by atoms with Crippen LogP contribution in [-0.4, -0.2) is 35.8 Å². The monoisotopic (exact) mass is 395 g/mol. The Morgan fingerprint density at radius 1 is 1.07 bits per heavy atom. The number of benzene rings is 2. The van der Waals surface area contributed by atoms with Crippen LogP contribution in [0.5, 0.6) is 5.75 Å². The topological polar surface area (TPSA) is 87.7 Å². The van der Waals surface area contributed by atoms with Gasteiger partial charge in [0.15, 0.2) is 6.61 Å². The van der Waals surface area contributed by atoms with E-state index in [9.17, 15) is 14.4 Å². The smallest absolute Gasteiger partial charge is 0.276 e. The minimum Gasteiger partial charge on any atom is -0.484 e. The van der Waals surface area contributed by atoms with Crippen molar-refractivity contribution in [2.24, 2.45) is 0 Å². The van der Waals surface area contributed by atoms with E-state index in [1.165, 1.54) is 0 Å². The Morgan fingerprint density at radius 2 is 1.83 bits per heavy atom. The third-order valence-corrected chi connectivity index (χ3v) is 4.61. The van der Waals surface area contributed by atoms with E-state index < -0.39 is 11.8 Å². The maximum absolute atomic E-state index is 12.3. The number of carbonyl (C=O) groups is 3. The molecule has 0 spiro atoms. The van der Waals surface area contributed by atoms with Gasteiger partial charge in [-0.25, -0.2) is 0 Å². The summed E-state index contributed by atoms with van der Waals surface area (Å²) < 4.78 is 5.47. The van der Waals surface area contributed by atoms with Crippen LogP contribution in [0.3, 0.4) is 0 Å². The summed E-state index contributed by atoms with van der Waals surface area (Å²) in [6.07, 6.45) is 1.45. The van der Waals surface area contributed by atoms with E-state index in [1.807, 2.05) is 38.1 Å². The average molecular weight is 395 g/mol. The SMILES string of the molecule is Cc1cc(C)cc(OCC(=O)NNC(=O)c2cccc(CN3CCCC3=O)c2)c1. The molecule has 0 saturated carbocycles. The minimum absolute atomic E-state index is 0.135. The van der Waals surface area contributed by atoms with Gasteiger partial charge in [-0.1, -0.05) is 18.2 Å². The molecule has 1 aliphatic heterocycles. The van der Waals surface area contributed by atoms with E-state index in [1.54, 1.807) is 23.1 Å². The van der Waals surface area contributed by atoms with Gasteiger partial charge in [0, 0.05) is 25.1 Å². The zero-order valence-corrected chi connectivity index (χ0v) is 16.7. The molecule has 29 heavy (non-hydrogen) atoms. The summed E-state index contributed by atoms with van der Waals surface area (Å²) in [5, 5.41) is 0. The van der Waals surface area contributed by atoms with E-state index in [-0.39, 0.29) is 12.5 Å². The molecule has 0 unspecified atom stereocenters. The summed E-state index contributed by atoms with van der Waals surface area (Å²) in [7, 11) is 0. The van der Waals surface area contributed by atoms with Crippen molar-refractivity contribution in [3.8, 4) is 5.75 Å². The van der Waals surface area contributed by atoms with Crippen molar-refractivity contribution >= 4 is 17.7 Å². The highest BCUT2D eigenvalue weighted by Gasteiger charge is 2.20. The number of nitrogens with one attached hydrogen (secondary N) is 2. The lowest BCUT2D eigenvalue weighted by molar-refractivity contribution is -0.128. The van der Waals surface area contributed by atoms with Crippen LogP contribution in [0.1, 0.15) is 39.9 Å². The van der Waals surface area contributed by atoms with Gasteiger partial charge in [-0.05, 0) is 61.2 Å². The number of rotatable bonds is 6. The second-order valence-corrected chi connectivity index (χ2v) is 7.23. The zero-order chi connectivity index (χ0) is 20.8. The van der Waals surface area contributed by atoms with Crippen LogP contribution in [-0.2, 0) is 16.1 Å². The highest BCUT2D eigenvalue weighted by molar-refractivity contribution is 5.95. The molecule has 0 aliphatic carbocycles. The quantitative estimate of drug-likeness (QED) is 0.735. The van der Waals surface area contributed by atoms with E-state index in [2.05, 4.69) is 10.9 Å². The van der Waals surface area contributed by atoms with Gasteiger partial charge in [0.05, 0.1) is 0 Å². The fraction of sp³-hybridized carbons (Fsp3) is 0.318. The fourth-order valence-corrected chi connectivity index (χ4v) is 3.30. The average Bonchev–Trinajstić information content (AvgIpc) is 3.08. The Labute approximate surface area is 170 Å². The van der Waals surface area contributed by atoms with Crippen LogP contribution in [0.15, 0.2) is 42.5 Å². The Hall–Kier alpha value is -3.35. The van der Waals surface area contributed by atoms with Crippen molar-refractivity contribution in [2.45, 2.75) is 33.2 Å². The lowest BCUT2D eigenvalue weighted by atomic mass is 10.1. The number of nitrogens with zero attached hydrogens (tertiary/aromatic N) is 1. The fourth-order valence-electron chi connectivity index (χ4n) is 3.30. The van der Waals surface area contributed by atoms with Gasteiger partial charge < -0.3 is 9.64 Å². The maximum atomic E-state index is 12.3. The molecule has 1 fully saturated rings. The number of hydrogen-bond donors (Lipinski definition) is 2. The molecule has 0 aromatic heterocycles. The molecule has 2 aromatic carbocycles. The van der Waals surface area contributed by atoms with Crippen LogP contribution in [0.2, 0.25) is 0 Å². The Kier molecular flexibility index (Phi) is 6.49. The summed E-state index contributed by atoms with van der Waals surface area (Å²) >= 11 is 0. The van der Waals surface area contributed by atoms with Crippen molar-refractivity contribution < 1.29 is 19.1 Å². The van der Waals surface area contributed by atoms with Gasteiger partial charge in [0.25, 0.3) is 11.8 Å². The van der Waals surface area contributed by atoms with Crippen LogP contribution < -0.4 is 15.6 Å². The third kappa shape index (κ3) is 5.81. The molecule has 3 rings (SSSR count). The molecule has 3 amide bonds. The highest BCUT2D eigenvalue weighted by atomic mass is 16.5. The first-order valence-corrected chi connectivity index (χ1v) is 9.58. The number of aryl methyl sites for hydroxylation is 2. The molecule has 0 atom stereocenters. The number of hydrazine groups is 1. The molecule has 2 aromatic rings. The summed E-state index contributed by atoms with van der Waals surface area (Å²) in [5.41, 5.74) is 8.11. The summed E-state index contributed by atoms with van der Waals surface area (Å²) in [6, 6.07) is 12.7. The summed E-state index contributed by atoms with van der Waals surface area (Å²) in [4.78, 5) is 37.8. The maximum Gasteiger partial charge on any atom is 0.276 e. The van der Waals surface area contributed by atoms with Crippen LogP contribution in [0, 0.1) is 13.8 Å². The molecule has 1 saturated heterocycles.